The molecule has 0 spiro atoms. The van der Waals surface area contributed by atoms with Gasteiger partial charge in [0.15, 0.2) is 0 Å². The Morgan fingerprint density at radius 3 is 2.38 bits per heavy atom. The van der Waals surface area contributed by atoms with E-state index < -0.39 is 22.0 Å². The van der Waals surface area contributed by atoms with Gasteiger partial charge in [-0.15, -0.1) is 0 Å². The zero-order chi connectivity index (χ0) is 17.7. The van der Waals surface area contributed by atoms with E-state index in [2.05, 4.69) is 9.46 Å². The molecule has 1 N–H and O–H groups in total. The molecule has 2 aromatic rings. The van der Waals surface area contributed by atoms with Crippen molar-refractivity contribution in [1.82, 2.24) is 4.72 Å². The van der Waals surface area contributed by atoms with E-state index in [0.29, 0.717) is 5.56 Å². The summed E-state index contributed by atoms with van der Waals surface area (Å²) in [6, 6.07) is 6.74. The molecule has 0 bridgehead atoms. The summed E-state index contributed by atoms with van der Waals surface area (Å²) in [4.78, 5) is 23.5. The summed E-state index contributed by atoms with van der Waals surface area (Å²) in [5, 5.41) is 0. The van der Waals surface area contributed by atoms with Crippen LogP contribution in [0.3, 0.4) is 0 Å². The van der Waals surface area contributed by atoms with Gasteiger partial charge >= 0.3 is 11.9 Å². The fourth-order valence-electron chi connectivity index (χ4n) is 1.84. The van der Waals surface area contributed by atoms with E-state index in [-0.39, 0.29) is 22.8 Å². The number of furan rings is 1. The van der Waals surface area contributed by atoms with Crippen LogP contribution in [-0.2, 0) is 26.1 Å². The van der Waals surface area contributed by atoms with Gasteiger partial charge in [-0.25, -0.2) is 22.7 Å². The lowest BCUT2D eigenvalue weighted by molar-refractivity contribution is 0.0453. The van der Waals surface area contributed by atoms with Crippen molar-refractivity contribution < 1.29 is 31.9 Å². The number of carbonyl (C=O) groups excluding carboxylic acids is 2. The van der Waals surface area contributed by atoms with Gasteiger partial charge in [0.05, 0.1) is 23.8 Å². The summed E-state index contributed by atoms with van der Waals surface area (Å²) in [7, 11) is -1.07. The Balaban J connectivity index is 2.06. The molecule has 0 amide bonds. The summed E-state index contributed by atoms with van der Waals surface area (Å²) in [6.07, 6.45) is 1.28. The molecule has 1 aromatic carbocycles. The standard InChI is InChI=1S/C15H15NO7S/c1-16-24(19,20)12-5-3-10(4-6-12)14(17)23-9-11-7-8-22-13(11)15(18)21-2/h3-8,16H,9H2,1-2H3. The Labute approximate surface area is 138 Å². The highest BCUT2D eigenvalue weighted by atomic mass is 32.2. The van der Waals surface area contributed by atoms with Gasteiger partial charge in [-0.2, -0.15) is 0 Å². The van der Waals surface area contributed by atoms with E-state index in [9.17, 15) is 18.0 Å². The molecule has 0 aliphatic rings. The lowest BCUT2D eigenvalue weighted by atomic mass is 10.2. The van der Waals surface area contributed by atoms with E-state index in [0.717, 1.165) is 0 Å². The molecule has 0 aliphatic carbocycles. The Bertz CT molecular complexity index is 837. The molecule has 0 radical (unpaired) electrons. The zero-order valence-electron chi connectivity index (χ0n) is 12.9. The number of nitrogens with one attached hydrogen (secondary N) is 1. The summed E-state index contributed by atoms with van der Waals surface area (Å²) >= 11 is 0. The van der Waals surface area contributed by atoms with Crippen LogP contribution in [0.5, 0.6) is 0 Å². The minimum absolute atomic E-state index is 0.0318. The molecule has 9 heteroatoms. The highest BCUT2D eigenvalue weighted by Gasteiger charge is 2.18. The first kappa shape index (κ1) is 17.7. The van der Waals surface area contributed by atoms with Crippen molar-refractivity contribution >= 4 is 22.0 Å². The van der Waals surface area contributed by atoms with Crippen LogP contribution in [0.4, 0.5) is 0 Å². The smallest absolute Gasteiger partial charge is 0.374 e. The van der Waals surface area contributed by atoms with Gasteiger partial charge in [0.25, 0.3) is 0 Å². The average Bonchev–Trinajstić information content (AvgIpc) is 3.07. The maximum atomic E-state index is 12.0. The van der Waals surface area contributed by atoms with Crippen LogP contribution in [0.25, 0.3) is 0 Å². The lowest BCUT2D eigenvalue weighted by Gasteiger charge is -2.06. The molecular formula is C15H15NO7S. The largest absolute Gasteiger partial charge is 0.463 e. The van der Waals surface area contributed by atoms with Gasteiger partial charge in [0.2, 0.25) is 15.8 Å². The average molecular weight is 353 g/mol. The molecular weight excluding hydrogens is 338 g/mol. The second-order valence-corrected chi connectivity index (χ2v) is 6.46. The van der Waals surface area contributed by atoms with Crippen LogP contribution in [0.2, 0.25) is 0 Å². The summed E-state index contributed by atoms with van der Waals surface area (Å²) in [5.74, 6) is -1.38. The molecule has 0 saturated carbocycles. The third kappa shape index (κ3) is 3.81. The Hall–Kier alpha value is -2.65. The zero-order valence-corrected chi connectivity index (χ0v) is 13.8. The molecule has 0 saturated heterocycles. The van der Waals surface area contributed by atoms with Crippen molar-refractivity contribution in [2.75, 3.05) is 14.2 Å². The molecule has 1 heterocycles. The van der Waals surface area contributed by atoms with Crippen LogP contribution >= 0.6 is 0 Å². The normalized spacial score (nSPS) is 11.1. The van der Waals surface area contributed by atoms with E-state index in [1.54, 1.807) is 0 Å². The van der Waals surface area contributed by atoms with Crippen LogP contribution < -0.4 is 4.72 Å². The Morgan fingerprint density at radius 2 is 1.79 bits per heavy atom. The van der Waals surface area contributed by atoms with Crippen LogP contribution in [-0.4, -0.2) is 34.5 Å². The lowest BCUT2D eigenvalue weighted by Crippen LogP contribution is -2.18. The van der Waals surface area contributed by atoms with Crippen molar-refractivity contribution in [3.05, 3.63) is 53.5 Å². The van der Waals surface area contributed by atoms with Gasteiger partial charge in [-0.05, 0) is 37.4 Å². The van der Waals surface area contributed by atoms with Crippen LogP contribution in [0, 0.1) is 0 Å². The number of esters is 2. The molecule has 8 nitrogen and oxygen atoms in total. The molecule has 0 fully saturated rings. The Morgan fingerprint density at radius 1 is 1.12 bits per heavy atom. The fourth-order valence-corrected chi connectivity index (χ4v) is 2.57. The van der Waals surface area contributed by atoms with Crippen LogP contribution in [0.15, 0.2) is 45.9 Å². The molecule has 0 atom stereocenters. The van der Waals surface area contributed by atoms with Gasteiger partial charge in [0, 0.05) is 5.56 Å². The predicted molar refractivity (Wildman–Crippen MR) is 81.9 cm³/mol. The van der Waals surface area contributed by atoms with Gasteiger partial charge in [-0.1, -0.05) is 0 Å². The summed E-state index contributed by atoms with van der Waals surface area (Å²) in [5.41, 5.74) is 0.540. The SMILES string of the molecule is CNS(=O)(=O)c1ccc(C(=O)OCc2ccoc2C(=O)OC)cc1. The van der Waals surface area contributed by atoms with Crippen molar-refractivity contribution in [2.24, 2.45) is 0 Å². The fraction of sp³-hybridized carbons (Fsp3) is 0.200. The summed E-state index contributed by atoms with van der Waals surface area (Å²) in [6.45, 7) is -0.184. The number of carbonyl (C=O) groups is 2. The molecule has 0 aliphatic heterocycles. The first-order valence-corrected chi connectivity index (χ1v) is 8.22. The minimum atomic E-state index is -3.57. The highest BCUT2D eigenvalue weighted by molar-refractivity contribution is 7.89. The number of benzene rings is 1. The number of hydrogen-bond donors (Lipinski definition) is 1. The number of hydrogen-bond acceptors (Lipinski definition) is 7. The highest BCUT2D eigenvalue weighted by Crippen LogP contribution is 2.15. The van der Waals surface area contributed by atoms with Gasteiger partial charge < -0.3 is 13.9 Å². The first-order chi connectivity index (χ1) is 11.4. The van der Waals surface area contributed by atoms with Gasteiger partial charge in [0.1, 0.15) is 6.61 Å². The molecule has 0 unspecified atom stereocenters. The maximum Gasteiger partial charge on any atom is 0.374 e. The first-order valence-electron chi connectivity index (χ1n) is 6.74. The monoisotopic (exact) mass is 353 g/mol. The van der Waals surface area contributed by atoms with Crippen molar-refractivity contribution in [2.45, 2.75) is 11.5 Å². The number of methoxy groups -OCH3 is 1. The van der Waals surface area contributed by atoms with E-state index in [1.165, 1.54) is 50.8 Å². The minimum Gasteiger partial charge on any atom is -0.463 e. The third-order valence-electron chi connectivity index (χ3n) is 3.15. The Kier molecular flexibility index (Phi) is 5.37. The molecule has 24 heavy (non-hydrogen) atoms. The van der Waals surface area contributed by atoms with Crippen molar-refractivity contribution in [3.63, 3.8) is 0 Å². The van der Waals surface area contributed by atoms with E-state index in [1.807, 2.05) is 0 Å². The quantitative estimate of drug-likeness (QED) is 0.780. The van der Waals surface area contributed by atoms with Crippen molar-refractivity contribution in [3.8, 4) is 0 Å². The number of ether oxygens (including phenoxy) is 2. The maximum absolute atomic E-state index is 12.0. The second-order valence-electron chi connectivity index (χ2n) is 4.57. The predicted octanol–water partition coefficient (Wildman–Crippen LogP) is 1.33. The van der Waals surface area contributed by atoms with E-state index in [4.69, 9.17) is 9.15 Å². The van der Waals surface area contributed by atoms with E-state index >= 15 is 0 Å². The van der Waals surface area contributed by atoms with Gasteiger partial charge in [-0.3, -0.25) is 0 Å². The number of rotatable bonds is 6. The molecule has 128 valence electrons. The second kappa shape index (κ2) is 7.28. The summed E-state index contributed by atoms with van der Waals surface area (Å²) < 4.78 is 40.0. The molecule has 2 rings (SSSR count). The topological polar surface area (TPSA) is 112 Å². The van der Waals surface area contributed by atoms with Crippen molar-refractivity contribution in [1.29, 1.82) is 0 Å². The molecule has 1 aromatic heterocycles. The number of sulfonamides is 1. The van der Waals surface area contributed by atoms with Crippen LogP contribution in [0.1, 0.15) is 26.5 Å². The third-order valence-corrected chi connectivity index (χ3v) is 4.58.